The Bertz CT molecular complexity index is 834. The maximum Gasteiger partial charge on any atom is 0.320 e. The number of pyridine rings is 1. The van der Waals surface area contributed by atoms with Crippen LogP contribution in [0.5, 0.6) is 0 Å². The Morgan fingerprint density at radius 1 is 1.08 bits per heavy atom. The third kappa shape index (κ3) is 4.63. The third-order valence-corrected chi connectivity index (χ3v) is 3.63. The summed E-state index contributed by atoms with van der Waals surface area (Å²) >= 11 is 0. The first kappa shape index (κ1) is 16.6. The molecule has 3 aromatic rings. The molecule has 0 radical (unpaired) electrons. The van der Waals surface area contributed by atoms with Gasteiger partial charge in [-0.1, -0.05) is 24.3 Å². The standard InChI is InChI=1S/C18H18FN5O/c19-16-7-2-1-5-14(16)13-24-17(9-12-22-24)23-18(25)21-11-8-15-6-3-4-10-20-15/h1-7,9-10,12H,8,11,13H2,(H2,21,23,25). The molecule has 2 heterocycles. The van der Waals surface area contributed by atoms with Crippen LogP contribution in [0.15, 0.2) is 60.9 Å². The van der Waals surface area contributed by atoms with Crippen molar-refractivity contribution >= 4 is 11.8 Å². The van der Waals surface area contributed by atoms with Gasteiger partial charge in [0.15, 0.2) is 0 Å². The summed E-state index contributed by atoms with van der Waals surface area (Å²) in [7, 11) is 0. The van der Waals surface area contributed by atoms with Crippen LogP contribution in [0, 0.1) is 5.82 Å². The highest BCUT2D eigenvalue weighted by Gasteiger charge is 2.09. The number of rotatable bonds is 6. The summed E-state index contributed by atoms with van der Waals surface area (Å²) < 4.78 is 15.3. The van der Waals surface area contributed by atoms with Crippen molar-refractivity contribution in [3.63, 3.8) is 0 Å². The molecule has 2 aromatic heterocycles. The zero-order valence-electron chi connectivity index (χ0n) is 13.5. The van der Waals surface area contributed by atoms with Gasteiger partial charge >= 0.3 is 6.03 Å². The Morgan fingerprint density at radius 2 is 1.92 bits per heavy atom. The van der Waals surface area contributed by atoms with Crippen molar-refractivity contribution in [2.24, 2.45) is 0 Å². The minimum Gasteiger partial charge on any atom is -0.337 e. The van der Waals surface area contributed by atoms with E-state index in [-0.39, 0.29) is 18.4 Å². The van der Waals surface area contributed by atoms with Gasteiger partial charge in [-0.15, -0.1) is 0 Å². The highest BCUT2D eigenvalue weighted by atomic mass is 19.1. The number of hydrogen-bond acceptors (Lipinski definition) is 3. The van der Waals surface area contributed by atoms with Crippen molar-refractivity contribution in [3.8, 4) is 0 Å². The molecular formula is C18H18FN5O. The third-order valence-electron chi connectivity index (χ3n) is 3.63. The molecule has 3 rings (SSSR count). The van der Waals surface area contributed by atoms with Gasteiger partial charge in [0.05, 0.1) is 12.7 Å². The van der Waals surface area contributed by atoms with Gasteiger partial charge in [-0.25, -0.2) is 13.9 Å². The molecule has 0 atom stereocenters. The maximum absolute atomic E-state index is 13.8. The van der Waals surface area contributed by atoms with Gasteiger partial charge < -0.3 is 5.32 Å². The Morgan fingerprint density at radius 3 is 2.72 bits per heavy atom. The molecule has 6 nitrogen and oxygen atoms in total. The molecule has 0 saturated heterocycles. The van der Waals surface area contributed by atoms with Crippen LogP contribution >= 0.6 is 0 Å². The molecule has 128 valence electrons. The van der Waals surface area contributed by atoms with Gasteiger partial charge in [-0.3, -0.25) is 10.3 Å². The molecule has 2 N–H and O–H groups in total. The zero-order valence-corrected chi connectivity index (χ0v) is 13.5. The first-order valence-corrected chi connectivity index (χ1v) is 7.92. The highest BCUT2D eigenvalue weighted by Crippen LogP contribution is 2.12. The van der Waals surface area contributed by atoms with Crippen LogP contribution in [0.25, 0.3) is 0 Å². The van der Waals surface area contributed by atoms with E-state index in [2.05, 4.69) is 20.7 Å². The Kier molecular flexibility index (Phi) is 5.36. The van der Waals surface area contributed by atoms with Crippen molar-refractivity contribution in [1.29, 1.82) is 0 Å². The predicted octanol–water partition coefficient (Wildman–Crippen LogP) is 2.83. The number of carbonyl (C=O) groups excluding carboxylic acids is 1. The first-order valence-electron chi connectivity index (χ1n) is 7.92. The van der Waals surface area contributed by atoms with E-state index in [0.29, 0.717) is 24.3 Å². The van der Waals surface area contributed by atoms with Crippen molar-refractivity contribution < 1.29 is 9.18 Å². The van der Waals surface area contributed by atoms with Gasteiger partial charge in [0.25, 0.3) is 0 Å². The first-order chi connectivity index (χ1) is 12.2. The number of nitrogens with zero attached hydrogens (tertiary/aromatic N) is 3. The van der Waals surface area contributed by atoms with E-state index in [1.807, 2.05) is 18.2 Å². The molecular weight excluding hydrogens is 321 g/mol. The number of carbonyl (C=O) groups is 1. The van der Waals surface area contributed by atoms with Crippen LogP contribution in [0.4, 0.5) is 15.0 Å². The molecule has 0 unspecified atom stereocenters. The summed E-state index contributed by atoms with van der Waals surface area (Å²) in [6, 6.07) is 13.5. The second-order valence-corrected chi connectivity index (χ2v) is 5.42. The average molecular weight is 339 g/mol. The lowest BCUT2D eigenvalue weighted by Crippen LogP contribution is -2.31. The molecule has 0 fully saturated rings. The molecule has 7 heteroatoms. The van der Waals surface area contributed by atoms with E-state index in [1.165, 1.54) is 10.7 Å². The Balaban J connectivity index is 1.54. The SMILES string of the molecule is O=C(NCCc1ccccn1)Nc1ccnn1Cc1ccccc1F. The van der Waals surface area contributed by atoms with Gasteiger partial charge in [-0.05, 0) is 18.2 Å². The van der Waals surface area contributed by atoms with E-state index >= 15 is 0 Å². The highest BCUT2D eigenvalue weighted by molar-refractivity contribution is 5.88. The number of hydrogen-bond donors (Lipinski definition) is 2. The van der Waals surface area contributed by atoms with Crippen molar-refractivity contribution in [3.05, 3.63) is 78.0 Å². The van der Waals surface area contributed by atoms with Gasteiger partial charge in [0, 0.05) is 36.5 Å². The normalized spacial score (nSPS) is 10.4. The quantitative estimate of drug-likeness (QED) is 0.725. The molecule has 0 saturated carbocycles. The largest absolute Gasteiger partial charge is 0.337 e. The summed E-state index contributed by atoms with van der Waals surface area (Å²) in [5.41, 5.74) is 1.41. The van der Waals surface area contributed by atoms with E-state index in [9.17, 15) is 9.18 Å². The number of urea groups is 1. The molecule has 0 aliphatic rings. The molecule has 0 aliphatic carbocycles. The molecule has 0 bridgehead atoms. The number of halogens is 1. The maximum atomic E-state index is 13.8. The smallest absolute Gasteiger partial charge is 0.320 e. The van der Waals surface area contributed by atoms with E-state index < -0.39 is 0 Å². The fraction of sp³-hybridized carbons (Fsp3) is 0.167. The average Bonchev–Trinajstić information content (AvgIpc) is 3.04. The Hall–Kier alpha value is -3.22. The van der Waals surface area contributed by atoms with Gasteiger partial charge in [-0.2, -0.15) is 5.10 Å². The molecule has 0 aliphatic heterocycles. The minimum atomic E-state index is -0.341. The summed E-state index contributed by atoms with van der Waals surface area (Å²) in [4.78, 5) is 16.2. The molecule has 25 heavy (non-hydrogen) atoms. The predicted molar refractivity (Wildman–Crippen MR) is 92.7 cm³/mol. The minimum absolute atomic E-state index is 0.239. The fourth-order valence-electron chi connectivity index (χ4n) is 2.36. The summed E-state index contributed by atoms with van der Waals surface area (Å²) in [6.45, 7) is 0.702. The molecule has 2 amide bonds. The number of benzene rings is 1. The van der Waals surface area contributed by atoms with Crippen molar-refractivity contribution in [1.82, 2.24) is 20.1 Å². The monoisotopic (exact) mass is 339 g/mol. The van der Waals surface area contributed by atoms with Crippen LogP contribution < -0.4 is 10.6 Å². The topological polar surface area (TPSA) is 71.8 Å². The van der Waals surface area contributed by atoms with E-state index in [0.717, 1.165) is 5.69 Å². The second kappa shape index (κ2) is 8.05. The van der Waals surface area contributed by atoms with Crippen LogP contribution in [0.1, 0.15) is 11.3 Å². The lowest BCUT2D eigenvalue weighted by atomic mass is 10.2. The van der Waals surface area contributed by atoms with Crippen LogP contribution in [0.3, 0.4) is 0 Å². The van der Waals surface area contributed by atoms with E-state index in [1.54, 1.807) is 36.7 Å². The fourth-order valence-corrected chi connectivity index (χ4v) is 2.36. The lowest BCUT2D eigenvalue weighted by Gasteiger charge is -2.10. The summed E-state index contributed by atoms with van der Waals surface area (Å²) in [5.74, 6) is 0.197. The number of amides is 2. The second-order valence-electron chi connectivity index (χ2n) is 5.42. The van der Waals surface area contributed by atoms with Crippen LogP contribution in [-0.2, 0) is 13.0 Å². The molecule has 1 aromatic carbocycles. The van der Waals surface area contributed by atoms with Gasteiger partial charge in [0.1, 0.15) is 11.6 Å². The summed E-state index contributed by atoms with van der Waals surface area (Å²) in [5, 5.41) is 9.62. The lowest BCUT2D eigenvalue weighted by molar-refractivity contribution is 0.252. The van der Waals surface area contributed by atoms with E-state index in [4.69, 9.17) is 0 Å². The van der Waals surface area contributed by atoms with Crippen LogP contribution in [0.2, 0.25) is 0 Å². The van der Waals surface area contributed by atoms with Crippen molar-refractivity contribution in [2.75, 3.05) is 11.9 Å². The molecule has 0 spiro atoms. The van der Waals surface area contributed by atoms with Gasteiger partial charge in [0.2, 0.25) is 0 Å². The summed E-state index contributed by atoms with van der Waals surface area (Å²) in [6.07, 6.45) is 3.92. The number of anilines is 1. The zero-order chi connectivity index (χ0) is 17.5. The number of aromatic nitrogens is 3. The van der Waals surface area contributed by atoms with Crippen molar-refractivity contribution in [2.45, 2.75) is 13.0 Å². The van der Waals surface area contributed by atoms with Crippen LogP contribution in [-0.4, -0.2) is 27.3 Å². The Labute approximate surface area is 144 Å². The number of nitrogens with one attached hydrogen (secondary N) is 2.